The molecule has 116 valence electrons. The Hall–Kier alpha value is -1.05. The van der Waals surface area contributed by atoms with Gasteiger partial charge in [-0.05, 0) is 63.9 Å². The molecule has 6 nitrogen and oxygen atoms in total. The molecule has 1 unspecified atom stereocenters. The zero-order valence-corrected chi connectivity index (χ0v) is 13.3. The molecule has 0 aliphatic carbocycles. The number of amides is 1. The number of aromatic nitrogens is 2. The standard InChI is InChI=1S/C14H23N5OS/c1-18-7-4-12(5-8-18)19-6-2-3-11(9-19)15-14(20)13-10-21-17-16-13/h10-12H,2-9H2,1H3,(H,15,20). The second-order valence-electron chi connectivity index (χ2n) is 6.13. The highest BCUT2D eigenvalue weighted by molar-refractivity contribution is 7.03. The van der Waals surface area contributed by atoms with Crippen molar-refractivity contribution in [1.29, 1.82) is 0 Å². The van der Waals surface area contributed by atoms with E-state index in [1.807, 2.05) is 0 Å². The first-order valence-electron chi connectivity index (χ1n) is 7.73. The molecule has 2 saturated heterocycles. The van der Waals surface area contributed by atoms with E-state index in [0.29, 0.717) is 11.7 Å². The van der Waals surface area contributed by atoms with Crippen LogP contribution in [-0.4, -0.2) is 70.6 Å². The highest BCUT2D eigenvalue weighted by Crippen LogP contribution is 2.20. The average molecular weight is 309 g/mol. The van der Waals surface area contributed by atoms with Gasteiger partial charge in [0.2, 0.25) is 0 Å². The van der Waals surface area contributed by atoms with Crippen LogP contribution in [0.3, 0.4) is 0 Å². The lowest BCUT2D eigenvalue weighted by molar-refractivity contribution is 0.0763. The first-order valence-corrected chi connectivity index (χ1v) is 8.56. The average Bonchev–Trinajstić information content (AvgIpc) is 3.02. The van der Waals surface area contributed by atoms with Crippen LogP contribution in [0.15, 0.2) is 5.38 Å². The number of piperidine rings is 2. The molecule has 1 N–H and O–H groups in total. The number of hydrogen-bond acceptors (Lipinski definition) is 6. The summed E-state index contributed by atoms with van der Waals surface area (Å²) in [6.45, 7) is 4.50. The molecule has 1 aromatic rings. The summed E-state index contributed by atoms with van der Waals surface area (Å²) in [7, 11) is 2.19. The highest BCUT2D eigenvalue weighted by atomic mass is 32.1. The van der Waals surface area contributed by atoms with E-state index in [0.717, 1.165) is 19.4 Å². The number of rotatable bonds is 3. The van der Waals surface area contributed by atoms with Gasteiger partial charge in [-0.15, -0.1) is 5.10 Å². The summed E-state index contributed by atoms with van der Waals surface area (Å²) >= 11 is 1.22. The normalized spacial score (nSPS) is 25.9. The van der Waals surface area contributed by atoms with Gasteiger partial charge in [-0.1, -0.05) is 4.49 Å². The molecule has 2 aliphatic heterocycles. The van der Waals surface area contributed by atoms with Crippen LogP contribution in [0.5, 0.6) is 0 Å². The van der Waals surface area contributed by atoms with Gasteiger partial charge in [-0.3, -0.25) is 9.69 Å². The van der Waals surface area contributed by atoms with Gasteiger partial charge < -0.3 is 10.2 Å². The predicted molar refractivity (Wildman–Crippen MR) is 82.5 cm³/mol. The van der Waals surface area contributed by atoms with Gasteiger partial charge in [0.25, 0.3) is 5.91 Å². The fourth-order valence-corrected chi connectivity index (χ4v) is 3.78. The van der Waals surface area contributed by atoms with Crippen LogP contribution in [0.25, 0.3) is 0 Å². The third kappa shape index (κ3) is 3.78. The monoisotopic (exact) mass is 309 g/mol. The topological polar surface area (TPSA) is 61.4 Å². The predicted octanol–water partition coefficient (Wildman–Crippen LogP) is 0.826. The van der Waals surface area contributed by atoms with Crippen molar-refractivity contribution in [3.8, 4) is 0 Å². The maximum Gasteiger partial charge on any atom is 0.272 e. The van der Waals surface area contributed by atoms with Crippen LogP contribution in [0.1, 0.15) is 36.2 Å². The lowest BCUT2D eigenvalue weighted by Crippen LogP contribution is -2.53. The quantitative estimate of drug-likeness (QED) is 0.896. The van der Waals surface area contributed by atoms with Crippen molar-refractivity contribution in [2.24, 2.45) is 0 Å². The molecular formula is C14H23N5OS. The van der Waals surface area contributed by atoms with Gasteiger partial charge >= 0.3 is 0 Å². The SMILES string of the molecule is CN1CCC(N2CCCC(NC(=O)c3csnn3)C2)CC1. The van der Waals surface area contributed by atoms with E-state index in [4.69, 9.17) is 0 Å². The molecule has 3 rings (SSSR count). The number of carbonyl (C=O) groups excluding carboxylic acids is 1. The van der Waals surface area contributed by atoms with E-state index in [9.17, 15) is 4.79 Å². The fraction of sp³-hybridized carbons (Fsp3) is 0.786. The summed E-state index contributed by atoms with van der Waals surface area (Å²) in [6, 6.07) is 0.925. The number of likely N-dealkylation sites (tertiary alicyclic amines) is 2. The van der Waals surface area contributed by atoms with Crippen molar-refractivity contribution in [3.05, 3.63) is 11.1 Å². The third-order valence-corrected chi connectivity index (χ3v) is 5.09. The lowest BCUT2D eigenvalue weighted by Gasteiger charge is -2.41. The number of hydrogen-bond donors (Lipinski definition) is 1. The lowest BCUT2D eigenvalue weighted by atomic mass is 9.98. The van der Waals surface area contributed by atoms with E-state index in [2.05, 4.69) is 31.8 Å². The molecule has 3 heterocycles. The van der Waals surface area contributed by atoms with Crippen LogP contribution in [-0.2, 0) is 0 Å². The summed E-state index contributed by atoms with van der Waals surface area (Å²) < 4.78 is 3.75. The minimum Gasteiger partial charge on any atom is -0.347 e. The molecule has 7 heteroatoms. The van der Waals surface area contributed by atoms with Gasteiger partial charge in [-0.2, -0.15) is 0 Å². The van der Waals surface area contributed by atoms with Crippen molar-refractivity contribution < 1.29 is 4.79 Å². The maximum atomic E-state index is 12.1. The molecule has 1 aromatic heterocycles. The number of nitrogens with one attached hydrogen (secondary N) is 1. The van der Waals surface area contributed by atoms with Crippen LogP contribution in [0, 0.1) is 0 Å². The Morgan fingerprint density at radius 1 is 1.33 bits per heavy atom. The molecule has 2 fully saturated rings. The van der Waals surface area contributed by atoms with E-state index < -0.39 is 0 Å². The number of nitrogens with zero attached hydrogens (tertiary/aromatic N) is 4. The molecular weight excluding hydrogens is 286 g/mol. The smallest absolute Gasteiger partial charge is 0.272 e. The third-order valence-electron chi connectivity index (χ3n) is 4.59. The van der Waals surface area contributed by atoms with E-state index in [1.54, 1.807) is 5.38 Å². The summed E-state index contributed by atoms with van der Waals surface area (Å²) in [5.41, 5.74) is 0.441. The van der Waals surface area contributed by atoms with Crippen LogP contribution in [0.4, 0.5) is 0 Å². The Bertz CT molecular complexity index is 458. The summed E-state index contributed by atoms with van der Waals surface area (Å²) in [5, 5.41) is 8.65. The van der Waals surface area contributed by atoms with Crippen molar-refractivity contribution in [2.75, 3.05) is 33.2 Å². The summed E-state index contributed by atoms with van der Waals surface area (Å²) in [4.78, 5) is 17.0. The van der Waals surface area contributed by atoms with Crippen LogP contribution < -0.4 is 5.32 Å². The highest BCUT2D eigenvalue weighted by Gasteiger charge is 2.29. The molecule has 1 atom stereocenters. The van der Waals surface area contributed by atoms with Crippen molar-refractivity contribution in [3.63, 3.8) is 0 Å². The summed E-state index contributed by atoms with van der Waals surface area (Å²) in [6.07, 6.45) is 4.71. The number of carbonyl (C=O) groups is 1. The van der Waals surface area contributed by atoms with Gasteiger partial charge in [0.1, 0.15) is 0 Å². The zero-order chi connectivity index (χ0) is 14.7. The van der Waals surface area contributed by atoms with Crippen LogP contribution >= 0.6 is 11.5 Å². The Morgan fingerprint density at radius 3 is 2.86 bits per heavy atom. The van der Waals surface area contributed by atoms with Gasteiger partial charge in [0, 0.05) is 24.0 Å². The van der Waals surface area contributed by atoms with Crippen molar-refractivity contribution in [1.82, 2.24) is 24.7 Å². The van der Waals surface area contributed by atoms with Gasteiger partial charge in [0.05, 0.1) is 0 Å². The molecule has 0 aromatic carbocycles. The summed E-state index contributed by atoms with van der Waals surface area (Å²) in [5.74, 6) is -0.0843. The first kappa shape index (κ1) is 14.9. The van der Waals surface area contributed by atoms with Crippen LogP contribution in [0.2, 0.25) is 0 Å². The Labute approximate surface area is 129 Å². The van der Waals surface area contributed by atoms with E-state index >= 15 is 0 Å². The molecule has 21 heavy (non-hydrogen) atoms. The Kier molecular flexibility index (Phi) is 4.82. The van der Waals surface area contributed by atoms with Gasteiger partial charge in [-0.25, -0.2) is 0 Å². The molecule has 0 bridgehead atoms. The molecule has 1 amide bonds. The molecule has 0 saturated carbocycles. The minimum atomic E-state index is -0.0843. The first-order chi connectivity index (χ1) is 10.2. The van der Waals surface area contributed by atoms with E-state index in [-0.39, 0.29) is 11.9 Å². The zero-order valence-electron chi connectivity index (χ0n) is 12.5. The van der Waals surface area contributed by atoms with Crippen molar-refractivity contribution >= 4 is 17.4 Å². The Morgan fingerprint density at radius 2 is 2.14 bits per heavy atom. The minimum absolute atomic E-state index is 0.0843. The molecule has 0 spiro atoms. The van der Waals surface area contributed by atoms with Gasteiger partial charge in [0.15, 0.2) is 5.69 Å². The van der Waals surface area contributed by atoms with Crippen molar-refractivity contribution in [2.45, 2.75) is 37.8 Å². The second-order valence-corrected chi connectivity index (χ2v) is 6.74. The largest absolute Gasteiger partial charge is 0.347 e. The maximum absolute atomic E-state index is 12.1. The fourth-order valence-electron chi connectivity index (χ4n) is 3.34. The Balaban J connectivity index is 1.52. The second kappa shape index (κ2) is 6.81. The van der Waals surface area contributed by atoms with E-state index in [1.165, 1.54) is 44.0 Å². The molecule has 2 aliphatic rings. The molecule has 0 radical (unpaired) electrons.